The summed E-state index contributed by atoms with van der Waals surface area (Å²) in [5.41, 5.74) is 0. The summed E-state index contributed by atoms with van der Waals surface area (Å²) in [5.74, 6) is -0.550. The molecule has 6 nitrogen and oxygen atoms in total. The average molecular weight is 278 g/mol. The second-order valence-electron chi connectivity index (χ2n) is 4.55. The van der Waals surface area contributed by atoms with Crippen LogP contribution >= 0.6 is 0 Å². The van der Waals surface area contributed by atoms with Crippen LogP contribution in [0.15, 0.2) is 0 Å². The number of esters is 1. The first kappa shape index (κ1) is 15.4. The molecule has 0 aromatic heterocycles. The van der Waals surface area contributed by atoms with Crippen molar-refractivity contribution < 1.29 is 17.9 Å². The molecule has 1 heterocycles. The minimum absolute atomic E-state index is 0.0226. The highest BCUT2D eigenvalue weighted by Crippen LogP contribution is 2.19. The first-order valence-electron chi connectivity index (χ1n) is 6.34. The van der Waals surface area contributed by atoms with Gasteiger partial charge in [-0.1, -0.05) is 6.42 Å². The van der Waals surface area contributed by atoms with Crippen molar-refractivity contribution in [3.63, 3.8) is 0 Å². The molecule has 0 aromatic rings. The molecule has 7 heteroatoms. The number of nitrogens with one attached hydrogen (secondary N) is 1. The van der Waals surface area contributed by atoms with E-state index in [0.29, 0.717) is 6.54 Å². The van der Waals surface area contributed by atoms with Crippen molar-refractivity contribution in [2.75, 3.05) is 13.2 Å². The number of rotatable bonds is 5. The monoisotopic (exact) mass is 278 g/mol. The fourth-order valence-electron chi connectivity index (χ4n) is 2.04. The van der Waals surface area contributed by atoms with Gasteiger partial charge in [0.2, 0.25) is 0 Å². The normalized spacial score (nSPS) is 23.6. The molecule has 106 valence electrons. The minimum atomic E-state index is -3.61. The summed E-state index contributed by atoms with van der Waals surface area (Å²) < 4.78 is 32.8. The molecular weight excluding hydrogens is 256 g/mol. The van der Waals surface area contributed by atoms with Crippen molar-refractivity contribution in [2.45, 2.75) is 52.1 Å². The predicted octanol–water partition coefficient (Wildman–Crippen LogP) is 0.647. The van der Waals surface area contributed by atoms with Gasteiger partial charge in [0.15, 0.2) is 0 Å². The summed E-state index contributed by atoms with van der Waals surface area (Å²) in [7, 11) is -3.61. The lowest BCUT2D eigenvalue weighted by Gasteiger charge is -2.32. The van der Waals surface area contributed by atoms with Gasteiger partial charge in [-0.3, -0.25) is 4.79 Å². The molecular formula is C11H22N2O4S. The number of hydrogen-bond acceptors (Lipinski definition) is 4. The number of carbonyl (C=O) groups is 1. The van der Waals surface area contributed by atoms with Crippen LogP contribution in [0.3, 0.4) is 0 Å². The second-order valence-corrected chi connectivity index (χ2v) is 6.21. The van der Waals surface area contributed by atoms with E-state index in [-0.39, 0.29) is 12.6 Å². The lowest BCUT2D eigenvalue weighted by atomic mass is 10.1. The van der Waals surface area contributed by atoms with Crippen molar-refractivity contribution in [1.29, 1.82) is 0 Å². The van der Waals surface area contributed by atoms with Gasteiger partial charge in [0.25, 0.3) is 10.2 Å². The van der Waals surface area contributed by atoms with Gasteiger partial charge in [-0.15, -0.1) is 0 Å². The maximum absolute atomic E-state index is 12.1. The summed E-state index contributed by atoms with van der Waals surface area (Å²) in [5, 5.41) is 0. The largest absolute Gasteiger partial charge is 0.465 e. The Morgan fingerprint density at radius 2 is 2.17 bits per heavy atom. The Bertz CT molecular complexity index is 383. The Morgan fingerprint density at radius 1 is 1.50 bits per heavy atom. The van der Waals surface area contributed by atoms with E-state index in [2.05, 4.69) is 4.72 Å². The van der Waals surface area contributed by atoms with E-state index in [1.165, 1.54) is 11.2 Å². The van der Waals surface area contributed by atoms with Gasteiger partial charge in [-0.25, -0.2) is 0 Å². The fourth-order valence-corrected chi connectivity index (χ4v) is 3.66. The minimum Gasteiger partial charge on any atom is -0.465 e. The van der Waals surface area contributed by atoms with E-state index in [1.807, 2.05) is 6.92 Å². The Balaban J connectivity index is 2.66. The summed E-state index contributed by atoms with van der Waals surface area (Å²) in [6, 6.07) is -0.880. The van der Waals surface area contributed by atoms with Crippen molar-refractivity contribution in [2.24, 2.45) is 0 Å². The standard InChI is InChI=1S/C11H22N2O4S/c1-4-17-11(14)10(3)12-18(15,16)13-8-6-5-7-9(13)2/h9-10,12H,4-8H2,1-3H3. The van der Waals surface area contributed by atoms with Crippen LogP contribution in [-0.4, -0.2) is 43.9 Å². The molecule has 1 fully saturated rings. The van der Waals surface area contributed by atoms with Gasteiger partial charge in [0.05, 0.1) is 6.61 Å². The second kappa shape index (κ2) is 6.49. The Labute approximate surface area is 109 Å². The molecule has 2 unspecified atom stereocenters. The van der Waals surface area contributed by atoms with Crippen LogP contribution in [0.5, 0.6) is 0 Å². The summed E-state index contributed by atoms with van der Waals surface area (Å²) >= 11 is 0. The highest BCUT2D eigenvalue weighted by atomic mass is 32.2. The first-order valence-corrected chi connectivity index (χ1v) is 7.78. The van der Waals surface area contributed by atoms with Gasteiger partial charge in [-0.05, 0) is 33.6 Å². The quantitative estimate of drug-likeness (QED) is 0.749. The van der Waals surface area contributed by atoms with Crippen LogP contribution in [0, 0.1) is 0 Å². The van der Waals surface area contributed by atoms with E-state index in [9.17, 15) is 13.2 Å². The highest BCUT2D eigenvalue weighted by Gasteiger charge is 2.32. The van der Waals surface area contributed by atoms with E-state index >= 15 is 0 Å². The molecule has 1 aliphatic rings. The van der Waals surface area contributed by atoms with E-state index in [1.54, 1.807) is 6.92 Å². The van der Waals surface area contributed by atoms with Crippen LogP contribution in [0.2, 0.25) is 0 Å². The SMILES string of the molecule is CCOC(=O)C(C)NS(=O)(=O)N1CCCCC1C. The molecule has 1 N–H and O–H groups in total. The molecule has 1 aliphatic heterocycles. The van der Waals surface area contributed by atoms with Crippen molar-refractivity contribution in [3.05, 3.63) is 0 Å². The molecule has 0 saturated carbocycles. The molecule has 0 spiro atoms. The lowest BCUT2D eigenvalue weighted by molar-refractivity contribution is -0.144. The van der Waals surface area contributed by atoms with Crippen molar-refractivity contribution in [1.82, 2.24) is 9.03 Å². The summed E-state index contributed by atoms with van der Waals surface area (Å²) in [6.45, 7) is 5.81. The molecule has 0 aromatic carbocycles. The zero-order chi connectivity index (χ0) is 13.8. The third-order valence-electron chi connectivity index (χ3n) is 3.02. The van der Waals surface area contributed by atoms with E-state index < -0.39 is 22.2 Å². The van der Waals surface area contributed by atoms with Crippen molar-refractivity contribution >= 4 is 16.2 Å². The van der Waals surface area contributed by atoms with Gasteiger partial charge < -0.3 is 4.74 Å². The molecule has 18 heavy (non-hydrogen) atoms. The van der Waals surface area contributed by atoms with Gasteiger partial charge in [0, 0.05) is 12.6 Å². The number of hydrogen-bond donors (Lipinski definition) is 1. The molecule has 1 rings (SSSR count). The van der Waals surface area contributed by atoms with Gasteiger partial charge >= 0.3 is 5.97 Å². The third-order valence-corrected chi connectivity index (χ3v) is 4.83. The molecule has 0 amide bonds. The smallest absolute Gasteiger partial charge is 0.323 e. The highest BCUT2D eigenvalue weighted by molar-refractivity contribution is 7.87. The Morgan fingerprint density at radius 3 is 2.72 bits per heavy atom. The third kappa shape index (κ3) is 3.93. The maximum Gasteiger partial charge on any atom is 0.323 e. The summed E-state index contributed by atoms with van der Waals surface area (Å²) in [6.07, 6.45) is 2.76. The van der Waals surface area contributed by atoms with Crippen LogP contribution < -0.4 is 4.72 Å². The predicted molar refractivity (Wildman–Crippen MR) is 68.2 cm³/mol. The summed E-state index contributed by atoms with van der Waals surface area (Å²) in [4.78, 5) is 11.4. The molecule has 0 aliphatic carbocycles. The Hall–Kier alpha value is -0.660. The van der Waals surface area contributed by atoms with E-state index in [4.69, 9.17) is 4.74 Å². The van der Waals surface area contributed by atoms with Gasteiger partial charge in [-0.2, -0.15) is 17.4 Å². The first-order chi connectivity index (χ1) is 8.38. The lowest BCUT2D eigenvalue weighted by Crippen LogP contribution is -2.51. The number of carbonyl (C=O) groups excluding carboxylic acids is 1. The van der Waals surface area contributed by atoms with Crippen LogP contribution in [0.25, 0.3) is 0 Å². The average Bonchev–Trinajstić information content (AvgIpc) is 2.29. The zero-order valence-corrected chi connectivity index (χ0v) is 12.0. The molecule has 0 bridgehead atoms. The fraction of sp³-hybridized carbons (Fsp3) is 0.909. The van der Waals surface area contributed by atoms with Gasteiger partial charge in [0.1, 0.15) is 6.04 Å². The number of nitrogens with zero attached hydrogens (tertiary/aromatic N) is 1. The van der Waals surface area contributed by atoms with E-state index in [0.717, 1.165) is 19.3 Å². The van der Waals surface area contributed by atoms with Crippen molar-refractivity contribution in [3.8, 4) is 0 Å². The zero-order valence-electron chi connectivity index (χ0n) is 11.2. The number of piperidine rings is 1. The Kier molecular flexibility index (Phi) is 5.55. The van der Waals surface area contributed by atoms with Crippen LogP contribution in [-0.2, 0) is 19.7 Å². The van der Waals surface area contributed by atoms with Crippen LogP contribution in [0.4, 0.5) is 0 Å². The number of ether oxygens (including phenoxy) is 1. The topological polar surface area (TPSA) is 75.7 Å². The molecule has 0 radical (unpaired) electrons. The van der Waals surface area contributed by atoms with Crippen LogP contribution in [0.1, 0.15) is 40.0 Å². The maximum atomic E-state index is 12.1. The molecule has 2 atom stereocenters. The molecule has 1 saturated heterocycles.